The number of carbonyl (C=O) groups is 3. The van der Waals surface area contributed by atoms with Crippen LogP contribution in [0.15, 0.2) is 51.9 Å². The van der Waals surface area contributed by atoms with Crippen LogP contribution in [-0.2, 0) is 9.59 Å². The highest BCUT2D eigenvalue weighted by Crippen LogP contribution is 2.30. The third-order valence-corrected chi connectivity index (χ3v) is 4.55. The van der Waals surface area contributed by atoms with E-state index in [1.807, 2.05) is 0 Å². The number of hydrogen-bond acceptors (Lipinski definition) is 5. The lowest BCUT2D eigenvalue weighted by Crippen LogP contribution is -2.39. The first-order valence-electron chi connectivity index (χ1n) is 9.02. The number of ether oxygens (including phenoxy) is 1. The van der Waals surface area contributed by atoms with Crippen LogP contribution < -0.4 is 26.8 Å². The summed E-state index contributed by atoms with van der Waals surface area (Å²) < 4.78 is 5.97. The van der Waals surface area contributed by atoms with Crippen molar-refractivity contribution in [1.29, 1.82) is 0 Å². The Labute approximate surface area is 189 Å². The number of methoxy groups -OCH3 is 1. The molecular formula is C20H26BrN5O5. The maximum absolute atomic E-state index is 12.4. The van der Waals surface area contributed by atoms with Gasteiger partial charge in [0.05, 0.1) is 31.8 Å². The number of rotatable bonds is 9. The van der Waals surface area contributed by atoms with Crippen molar-refractivity contribution < 1.29 is 27.1 Å². The van der Waals surface area contributed by atoms with E-state index in [1.165, 1.54) is 13.2 Å². The van der Waals surface area contributed by atoms with Crippen LogP contribution in [0.25, 0.3) is 0 Å². The van der Waals surface area contributed by atoms with Gasteiger partial charge in [-0.25, -0.2) is 4.99 Å². The van der Waals surface area contributed by atoms with Crippen molar-refractivity contribution in [2.75, 3.05) is 13.7 Å². The minimum atomic E-state index is -1.10. The lowest BCUT2D eigenvalue weighted by Gasteiger charge is -2.20. The number of nitrogens with one attached hydrogen (secondary N) is 2. The second kappa shape index (κ2) is 11.0. The third-order valence-electron chi connectivity index (χ3n) is 4.06. The fourth-order valence-electron chi connectivity index (χ4n) is 2.76. The summed E-state index contributed by atoms with van der Waals surface area (Å²) in [5.74, 6) is -1.91. The van der Waals surface area contributed by atoms with Crippen molar-refractivity contribution in [3.8, 4) is 5.75 Å². The van der Waals surface area contributed by atoms with E-state index >= 15 is 0 Å². The number of halogens is 1. The van der Waals surface area contributed by atoms with Gasteiger partial charge in [0.1, 0.15) is 5.75 Å². The molecule has 0 heterocycles. The molecule has 0 saturated carbocycles. The number of nitrogens with zero attached hydrogens (tertiary/aromatic N) is 1. The van der Waals surface area contributed by atoms with Gasteiger partial charge < -0.3 is 31.9 Å². The van der Waals surface area contributed by atoms with Gasteiger partial charge in [-0.2, -0.15) is 0 Å². The summed E-state index contributed by atoms with van der Waals surface area (Å²) in [4.78, 5) is 39.9. The molecule has 0 fully saturated rings. The number of carboxylic acid groups (broad SMARTS) is 1. The molecule has 0 radical (unpaired) electrons. The SMILES string of the molecule is COc1ccc(Br)cc1C(CC(=O)O)NC(=O)CNC(=O)c1cccc(N=C(N)N)c1.[HH].[HH]. The van der Waals surface area contributed by atoms with Crippen LogP contribution in [0, 0.1) is 0 Å². The highest BCUT2D eigenvalue weighted by molar-refractivity contribution is 9.10. The Morgan fingerprint density at radius 1 is 1.23 bits per heavy atom. The van der Waals surface area contributed by atoms with Gasteiger partial charge in [0, 0.05) is 18.5 Å². The smallest absolute Gasteiger partial charge is 0.305 e. The Kier molecular flexibility index (Phi) is 8.38. The summed E-state index contributed by atoms with van der Waals surface area (Å²) in [6.07, 6.45) is -0.368. The minimum Gasteiger partial charge on any atom is -0.496 e. The molecular weight excluding hydrogens is 470 g/mol. The summed E-state index contributed by atoms with van der Waals surface area (Å²) >= 11 is 3.32. The van der Waals surface area contributed by atoms with E-state index in [-0.39, 0.29) is 27.3 Å². The normalized spacial score (nSPS) is 11.2. The van der Waals surface area contributed by atoms with Crippen LogP contribution in [0.1, 0.15) is 31.2 Å². The third kappa shape index (κ3) is 7.30. The number of hydrogen-bond donors (Lipinski definition) is 5. The highest BCUT2D eigenvalue weighted by atomic mass is 79.9. The molecule has 0 saturated heterocycles. The Balaban J connectivity index is 0.00000512. The van der Waals surface area contributed by atoms with Crippen LogP contribution in [0.3, 0.4) is 0 Å². The quantitative estimate of drug-likeness (QED) is 0.261. The van der Waals surface area contributed by atoms with Crippen LogP contribution in [0.5, 0.6) is 5.75 Å². The second-order valence-corrected chi connectivity index (χ2v) is 7.29. The van der Waals surface area contributed by atoms with Gasteiger partial charge in [-0.3, -0.25) is 14.4 Å². The van der Waals surface area contributed by atoms with E-state index in [9.17, 15) is 19.5 Å². The van der Waals surface area contributed by atoms with Crippen molar-refractivity contribution in [2.24, 2.45) is 16.5 Å². The van der Waals surface area contributed by atoms with Crippen molar-refractivity contribution in [3.63, 3.8) is 0 Å². The molecule has 168 valence electrons. The molecule has 10 nitrogen and oxygen atoms in total. The minimum absolute atomic E-state index is 0. The molecule has 2 amide bonds. The first kappa shape index (κ1) is 23.7. The fourth-order valence-corrected chi connectivity index (χ4v) is 3.14. The van der Waals surface area contributed by atoms with Crippen molar-refractivity contribution in [1.82, 2.24) is 10.6 Å². The van der Waals surface area contributed by atoms with E-state index in [2.05, 4.69) is 31.6 Å². The Bertz CT molecular complexity index is 1020. The molecule has 2 aromatic rings. The van der Waals surface area contributed by atoms with Gasteiger partial charge in [-0.1, -0.05) is 22.0 Å². The molecule has 0 aliphatic carbocycles. The topological polar surface area (TPSA) is 169 Å². The van der Waals surface area contributed by atoms with Crippen molar-refractivity contribution in [3.05, 3.63) is 58.1 Å². The van der Waals surface area contributed by atoms with Crippen LogP contribution in [-0.4, -0.2) is 42.5 Å². The molecule has 0 bridgehead atoms. The number of amides is 2. The monoisotopic (exact) mass is 495 g/mol. The first-order chi connectivity index (χ1) is 14.7. The van der Waals surface area contributed by atoms with Gasteiger partial charge >= 0.3 is 5.97 Å². The largest absolute Gasteiger partial charge is 0.496 e. The molecule has 31 heavy (non-hydrogen) atoms. The van der Waals surface area contributed by atoms with Gasteiger partial charge in [-0.05, 0) is 36.4 Å². The van der Waals surface area contributed by atoms with Gasteiger partial charge in [-0.15, -0.1) is 0 Å². The van der Waals surface area contributed by atoms with Gasteiger partial charge in [0.2, 0.25) is 5.91 Å². The maximum atomic E-state index is 12.4. The standard InChI is InChI=1S/C20H22BrN5O5.2H2/c1-31-16-6-5-12(21)8-14(16)15(9-18(28)29)26-17(27)10-24-19(30)11-3-2-4-13(7-11)25-20(22)23;;/h2-8,15H,9-10H2,1H3,(H,24,30)(H,26,27)(H,28,29)(H4,22,23,25);2*1H. The zero-order valence-electron chi connectivity index (χ0n) is 16.6. The molecule has 2 aromatic carbocycles. The van der Waals surface area contributed by atoms with E-state index in [1.54, 1.807) is 36.4 Å². The number of carbonyl (C=O) groups excluding carboxylic acids is 2. The summed E-state index contributed by atoms with van der Waals surface area (Å²) in [5, 5.41) is 14.3. The van der Waals surface area contributed by atoms with E-state index in [4.69, 9.17) is 16.2 Å². The maximum Gasteiger partial charge on any atom is 0.305 e. The molecule has 0 aliphatic rings. The Morgan fingerprint density at radius 2 is 1.97 bits per heavy atom. The van der Waals surface area contributed by atoms with Crippen LogP contribution >= 0.6 is 15.9 Å². The van der Waals surface area contributed by atoms with E-state index in [0.717, 1.165) is 0 Å². The summed E-state index contributed by atoms with van der Waals surface area (Å²) in [6.45, 7) is -0.363. The van der Waals surface area contributed by atoms with Crippen molar-refractivity contribution in [2.45, 2.75) is 12.5 Å². The molecule has 11 heteroatoms. The lowest BCUT2D eigenvalue weighted by atomic mass is 10.0. The molecule has 1 unspecified atom stereocenters. The zero-order chi connectivity index (χ0) is 23.0. The molecule has 0 spiro atoms. The molecule has 1 atom stereocenters. The number of aliphatic imine (C=N–C) groups is 1. The highest BCUT2D eigenvalue weighted by Gasteiger charge is 2.22. The van der Waals surface area contributed by atoms with Gasteiger partial charge in [0.15, 0.2) is 5.96 Å². The number of benzene rings is 2. The summed E-state index contributed by atoms with van der Waals surface area (Å²) in [6, 6.07) is 10.4. The first-order valence-corrected chi connectivity index (χ1v) is 9.81. The summed E-state index contributed by atoms with van der Waals surface area (Å²) in [5.41, 5.74) is 11.8. The van der Waals surface area contributed by atoms with E-state index < -0.39 is 23.8 Å². The Morgan fingerprint density at radius 3 is 2.61 bits per heavy atom. The average molecular weight is 496 g/mol. The van der Waals surface area contributed by atoms with E-state index in [0.29, 0.717) is 21.5 Å². The van der Waals surface area contributed by atoms with Crippen LogP contribution in [0.2, 0.25) is 0 Å². The number of carboxylic acids is 1. The lowest BCUT2D eigenvalue weighted by molar-refractivity contribution is -0.137. The summed E-state index contributed by atoms with van der Waals surface area (Å²) in [7, 11) is 1.45. The molecule has 2 rings (SSSR count). The molecule has 0 aromatic heterocycles. The average Bonchev–Trinajstić information content (AvgIpc) is 2.71. The van der Waals surface area contributed by atoms with Crippen LogP contribution in [0.4, 0.5) is 5.69 Å². The number of nitrogens with two attached hydrogens (primary N) is 2. The zero-order valence-corrected chi connectivity index (χ0v) is 18.2. The predicted octanol–water partition coefficient (Wildman–Crippen LogP) is 1.92. The molecule has 0 aliphatic heterocycles. The second-order valence-electron chi connectivity index (χ2n) is 6.37. The predicted molar refractivity (Wildman–Crippen MR) is 122 cm³/mol. The fraction of sp³-hybridized carbons (Fsp3) is 0.200. The number of guanidine groups is 1. The van der Waals surface area contributed by atoms with Crippen molar-refractivity contribution >= 4 is 45.4 Å². The number of aliphatic carboxylic acids is 1. The molecule has 7 N–H and O–H groups in total. The van der Waals surface area contributed by atoms with Gasteiger partial charge in [0.25, 0.3) is 5.91 Å². The Hall–Kier alpha value is -3.60.